The van der Waals surface area contributed by atoms with E-state index in [2.05, 4.69) is 0 Å². The number of nitrogens with zero attached hydrogens (tertiary/aromatic N) is 2. The Morgan fingerprint density at radius 3 is 2.55 bits per heavy atom. The zero-order chi connectivity index (χ0) is 14.9. The molecule has 2 amide bonds. The van der Waals surface area contributed by atoms with Gasteiger partial charge < -0.3 is 14.9 Å². The van der Waals surface area contributed by atoms with Crippen LogP contribution in [0, 0.1) is 5.92 Å². The molecule has 1 unspecified atom stereocenters. The van der Waals surface area contributed by atoms with Crippen molar-refractivity contribution in [2.45, 2.75) is 51.6 Å². The molecule has 1 N–H and O–H groups in total. The SMILES string of the molecule is CC(C)N(CCC(=O)O)C(=O)C1CC(=O)N(C2CC2)C1. The van der Waals surface area contributed by atoms with E-state index < -0.39 is 5.97 Å². The van der Waals surface area contributed by atoms with Crippen LogP contribution < -0.4 is 0 Å². The summed E-state index contributed by atoms with van der Waals surface area (Å²) in [5.41, 5.74) is 0. The Kier molecular flexibility index (Phi) is 4.30. The number of carbonyl (C=O) groups excluding carboxylic acids is 2. The third-order valence-corrected chi connectivity index (χ3v) is 3.97. The van der Waals surface area contributed by atoms with Gasteiger partial charge in [-0.2, -0.15) is 0 Å². The van der Waals surface area contributed by atoms with E-state index in [-0.39, 0.29) is 43.2 Å². The van der Waals surface area contributed by atoms with Crippen molar-refractivity contribution in [1.29, 1.82) is 0 Å². The topological polar surface area (TPSA) is 77.9 Å². The number of carboxylic acid groups (broad SMARTS) is 1. The van der Waals surface area contributed by atoms with Crippen molar-refractivity contribution in [2.24, 2.45) is 5.92 Å². The highest BCUT2D eigenvalue weighted by atomic mass is 16.4. The van der Waals surface area contributed by atoms with Gasteiger partial charge in [0, 0.05) is 31.6 Å². The van der Waals surface area contributed by atoms with Crippen molar-refractivity contribution in [1.82, 2.24) is 9.80 Å². The smallest absolute Gasteiger partial charge is 0.305 e. The standard InChI is InChI=1S/C14H22N2O4/c1-9(2)15(6-5-13(18)19)14(20)10-7-12(17)16(8-10)11-3-4-11/h9-11H,3-8H2,1-2H3,(H,18,19). The molecule has 1 atom stereocenters. The Balaban J connectivity index is 1.97. The zero-order valence-corrected chi connectivity index (χ0v) is 12.0. The van der Waals surface area contributed by atoms with Gasteiger partial charge in [0.05, 0.1) is 12.3 Å². The maximum Gasteiger partial charge on any atom is 0.305 e. The maximum atomic E-state index is 12.5. The van der Waals surface area contributed by atoms with Crippen LogP contribution in [0.1, 0.15) is 39.5 Å². The van der Waals surface area contributed by atoms with Crippen molar-refractivity contribution in [2.75, 3.05) is 13.1 Å². The number of aliphatic carboxylic acids is 1. The van der Waals surface area contributed by atoms with Gasteiger partial charge >= 0.3 is 5.97 Å². The molecule has 1 saturated carbocycles. The van der Waals surface area contributed by atoms with Crippen molar-refractivity contribution >= 4 is 17.8 Å². The van der Waals surface area contributed by atoms with Crippen LogP contribution in [0.25, 0.3) is 0 Å². The first kappa shape index (κ1) is 14.8. The quantitative estimate of drug-likeness (QED) is 0.778. The van der Waals surface area contributed by atoms with E-state index in [1.165, 1.54) is 0 Å². The number of hydrogen-bond acceptors (Lipinski definition) is 3. The lowest BCUT2D eigenvalue weighted by Gasteiger charge is -2.28. The van der Waals surface area contributed by atoms with Crippen molar-refractivity contribution < 1.29 is 19.5 Å². The van der Waals surface area contributed by atoms with Gasteiger partial charge in [-0.1, -0.05) is 0 Å². The van der Waals surface area contributed by atoms with E-state index in [9.17, 15) is 14.4 Å². The average Bonchev–Trinajstić information content (AvgIpc) is 3.11. The van der Waals surface area contributed by atoms with Crippen LogP contribution in [0.15, 0.2) is 0 Å². The summed E-state index contributed by atoms with van der Waals surface area (Å²) in [7, 11) is 0. The lowest BCUT2D eigenvalue weighted by Crippen LogP contribution is -2.43. The second-order valence-electron chi connectivity index (χ2n) is 5.95. The molecule has 0 spiro atoms. The summed E-state index contributed by atoms with van der Waals surface area (Å²) in [4.78, 5) is 38.5. The highest BCUT2D eigenvalue weighted by Crippen LogP contribution is 2.33. The fraction of sp³-hybridized carbons (Fsp3) is 0.786. The highest BCUT2D eigenvalue weighted by Gasteiger charge is 2.43. The lowest BCUT2D eigenvalue weighted by atomic mass is 10.1. The summed E-state index contributed by atoms with van der Waals surface area (Å²) < 4.78 is 0. The first-order valence-electron chi connectivity index (χ1n) is 7.22. The molecule has 1 saturated heterocycles. The summed E-state index contributed by atoms with van der Waals surface area (Å²) >= 11 is 0. The van der Waals surface area contributed by atoms with Gasteiger partial charge in [-0.15, -0.1) is 0 Å². The minimum absolute atomic E-state index is 0.0491. The number of carboxylic acids is 1. The summed E-state index contributed by atoms with van der Waals surface area (Å²) in [6.07, 6.45) is 2.29. The molecule has 2 aliphatic rings. The van der Waals surface area contributed by atoms with Gasteiger partial charge in [0.25, 0.3) is 0 Å². The third kappa shape index (κ3) is 3.29. The summed E-state index contributed by atoms with van der Waals surface area (Å²) in [6, 6.07) is 0.291. The molecular weight excluding hydrogens is 260 g/mol. The fourth-order valence-electron chi connectivity index (χ4n) is 2.71. The second kappa shape index (κ2) is 5.81. The van der Waals surface area contributed by atoms with Gasteiger partial charge in [0.2, 0.25) is 11.8 Å². The zero-order valence-electron chi connectivity index (χ0n) is 12.0. The first-order valence-corrected chi connectivity index (χ1v) is 7.22. The normalized spacial score (nSPS) is 22.4. The van der Waals surface area contributed by atoms with Gasteiger partial charge in [-0.3, -0.25) is 14.4 Å². The highest BCUT2D eigenvalue weighted by molar-refractivity contribution is 5.89. The minimum atomic E-state index is -0.912. The van der Waals surface area contributed by atoms with Crippen molar-refractivity contribution in [3.8, 4) is 0 Å². The Labute approximate surface area is 118 Å². The maximum absolute atomic E-state index is 12.5. The van der Waals surface area contributed by atoms with Crippen LogP contribution in [0.2, 0.25) is 0 Å². The molecule has 112 valence electrons. The summed E-state index contributed by atoms with van der Waals surface area (Å²) in [6.45, 7) is 4.45. The fourth-order valence-corrected chi connectivity index (χ4v) is 2.71. The van der Waals surface area contributed by atoms with E-state index in [0.29, 0.717) is 12.6 Å². The van der Waals surface area contributed by atoms with Crippen molar-refractivity contribution in [3.05, 3.63) is 0 Å². The largest absolute Gasteiger partial charge is 0.481 e. The first-order chi connectivity index (χ1) is 9.40. The van der Waals surface area contributed by atoms with E-state index in [1.54, 1.807) is 4.90 Å². The molecule has 2 fully saturated rings. The van der Waals surface area contributed by atoms with Gasteiger partial charge in [0.1, 0.15) is 0 Å². The second-order valence-corrected chi connectivity index (χ2v) is 5.95. The van der Waals surface area contributed by atoms with E-state index in [4.69, 9.17) is 5.11 Å². The van der Waals surface area contributed by atoms with E-state index in [1.807, 2.05) is 18.7 Å². The average molecular weight is 282 g/mol. The third-order valence-electron chi connectivity index (χ3n) is 3.97. The van der Waals surface area contributed by atoms with Crippen LogP contribution in [-0.4, -0.2) is 57.9 Å². The van der Waals surface area contributed by atoms with Crippen LogP contribution >= 0.6 is 0 Å². The number of likely N-dealkylation sites (tertiary alicyclic amines) is 1. The predicted molar refractivity (Wildman–Crippen MR) is 71.9 cm³/mol. The molecule has 1 aliphatic heterocycles. The molecule has 0 radical (unpaired) electrons. The molecule has 20 heavy (non-hydrogen) atoms. The molecule has 6 nitrogen and oxygen atoms in total. The molecule has 0 bridgehead atoms. The van der Waals surface area contributed by atoms with Crippen LogP contribution in [0.4, 0.5) is 0 Å². The monoisotopic (exact) mass is 282 g/mol. The van der Waals surface area contributed by atoms with E-state index in [0.717, 1.165) is 12.8 Å². The summed E-state index contributed by atoms with van der Waals surface area (Å²) in [5, 5.41) is 8.76. The molecule has 0 aromatic rings. The van der Waals surface area contributed by atoms with Gasteiger partial charge in [-0.05, 0) is 26.7 Å². The minimum Gasteiger partial charge on any atom is -0.481 e. The van der Waals surface area contributed by atoms with Crippen molar-refractivity contribution in [3.63, 3.8) is 0 Å². The number of rotatable bonds is 6. The van der Waals surface area contributed by atoms with Gasteiger partial charge in [-0.25, -0.2) is 0 Å². The number of amides is 2. The number of carbonyl (C=O) groups is 3. The lowest BCUT2D eigenvalue weighted by molar-refractivity contribution is -0.141. The molecule has 1 heterocycles. The molecular formula is C14H22N2O4. The number of hydrogen-bond donors (Lipinski definition) is 1. The van der Waals surface area contributed by atoms with Gasteiger partial charge in [0.15, 0.2) is 0 Å². The van der Waals surface area contributed by atoms with Crippen LogP contribution in [0.5, 0.6) is 0 Å². The molecule has 2 rings (SSSR count). The summed E-state index contributed by atoms with van der Waals surface area (Å²) in [5.74, 6) is -1.24. The van der Waals surface area contributed by atoms with Crippen LogP contribution in [-0.2, 0) is 14.4 Å². The molecule has 6 heteroatoms. The molecule has 0 aromatic carbocycles. The van der Waals surface area contributed by atoms with E-state index >= 15 is 0 Å². The molecule has 0 aromatic heterocycles. The Hall–Kier alpha value is -1.59. The Morgan fingerprint density at radius 2 is 2.05 bits per heavy atom. The molecule has 1 aliphatic carbocycles. The Bertz CT molecular complexity index is 417. The Morgan fingerprint density at radius 1 is 1.40 bits per heavy atom. The predicted octanol–water partition coefficient (Wildman–Crippen LogP) is 0.709. The van der Waals surface area contributed by atoms with Crippen LogP contribution in [0.3, 0.4) is 0 Å².